The van der Waals surface area contributed by atoms with Crippen molar-refractivity contribution in [2.45, 2.75) is 24.9 Å². The summed E-state index contributed by atoms with van der Waals surface area (Å²) < 4.78 is 48.7. The van der Waals surface area contributed by atoms with Crippen LogP contribution in [0.5, 0.6) is 0 Å². The van der Waals surface area contributed by atoms with Crippen molar-refractivity contribution >= 4 is 35.8 Å². The lowest BCUT2D eigenvalue weighted by molar-refractivity contribution is -0.201. The molecule has 0 bridgehead atoms. The minimum atomic E-state index is -5.75. The van der Waals surface area contributed by atoms with Crippen molar-refractivity contribution in [1.82, 2.24) is 0 Å². The van der Waals surface area contributed by atoms with Gasteiger partial charge < -0.3 is 25.2 Å². The van der Waals surface area contributed by atoms with Crippen molar-refractivity contribution in [3.63, 3.8) is 0 Å². The Hall–Kier alpha value is -4.75. The van der Waals surface area contributed by atoms with Crippen LogP contribution in [0.25, 0.3) is 0 Å². The van der Waals surface area contributed by atoms with Gasteiger partial charge in [-0.3, -0.25) is 4.79 Å². The molecule has 14 heteroatoms. The van der Waals surface area contributed by atoms with Crippen molar-refractivity contribution in [1.29, 1.82) is 0 Å². The zero-order chi connectivity index (χ0) is 27.6. The number of benzene rings is 2. The number of esters is 2. The Kier molecular flexibility index (Phi) is 7.53. The van der Waals surface area contributed by atoms with Crippen LogP contribution in [0.1, 0.15) is 65.9 Å². The molecule has 0 saturated carbocycles. The van der Waals surface area contributed by atoms with Crippen LogP contribution in [0.4, 0.5) is 13.2 Å². The Morgan fingerprint density at radius 2 is 1.06 bits per heavy atom. The molecule has 0 fully saturated rings. The lowest BCUT2D eigenvalue weighted by Crippen LogP contribution is -2.52. The van der Waals surface area contributed by atoms with Gasteiger partial charge in [0.25, 0.3) is 0 Å². The van der Waals surface area contributed by atoms with Crippen LogP contribution >= 0.6 is 0 Å². The summed E-state index contributed by atoms with van der Waals surface area (Å²) in [6.45, 7) is 1.15. The third-order valence-corrected chi connectivity index (χ3v) is 5.05. The van der Waals surface area contributed by atoms with E-state index in [1.165, 1.54) is 0 Å². The van der Waals surface area contributed by atoms with Crippen LogP contribution in [0.15, 0.2) is 36.4 Å². The van der Waals surface area contributed by atoms with E-state index in [9.17, 15) is 62.4 Å². The number of carbonyl (C=O) groups is 6. The highest BCUT2D eigenvalue weighted by Gasteiger charge is 2.64. The summed E-state index contributed by atoms with van der Waals surface area (Å²) in [5, 5.41) is 37.1. The minimum Gasteiger partial charge on any atom is -0.478 e. The van der Waals surface area contributed by atoms with E-state index in [1.807, 2.05) is 0 Å². The van der Waals surface area contributed by atoms with Gasteiger partial charge in [-0.25, -0.2) is 24.0 Å². The first-order valence-corrected chi connectivity index (χ1v) is 9.63. The van der Waals surface area contributed by atoms with Crippen molar-refractivity contribution in [3.8, 4) is 0 Å². The largest absolute Gasteiger partial charge is 0.478 e. The average molecular weight is 512 g/mol. The van der Waals surface area contributed by atoms with Crippen molar-refractivity contribution in [2.75, 3.05) is 0 Å². The number of rotatable bonds is 8. The van der Waals surface area contributed by atoms with Gasteiger partial charge in [0, 0.05) is 6.42 Å². The van der Waals surface area contributed by atoms with Gasteiger partial charge in [0.1, 0.15) is 0 Å². The zero-order valence-electron chi connectivity index (χ0n) is 18.0. The molecule has 2 rings (SSSR count). The van der Waals surface area contributed by atoms with Crippen LogP contribution in [-0.2, 0) is 19.7 Å². The van der Waals surface area contributed by atoms with Crippen molar-refractivity contribution < 1.29 is 67.1 Å². The first-order chi connectivity index (χ1) is 16.6. The molecule has 0 unspecified atom stereocenters. The van der Waals surface area contributed by atoms with Crippen LogP contribution < -0.4 is 0 Å². The summed E-state index contributed by atoms with van der Waals surface area (Å²) in [7, 11) is 0. The lowest BCUT2D eigenvalue weighted by Gasteiger charge is -2.34. The Bertz CT molecular complexity index is 1220. The maximum atomic E-state index is 14.8. The van der Waals surface area contributed by atoms with E-state index in [4.69, 9.17) is 0 Å². The SMILES string of the molecule is CCC(=O)OC(=O)C(c1ccc(C(=O)O)c(C(=O)O)c1)(c1ccc(C(=O)O)c(C(=O)O)c1)C(F)(F)F. The standard InChI is InChI=1S/C22H15F3O11/c1-2-15(26)36-20(35)21(22(23,24)25,9-3-5-11(16(27)28)13(7-9)18(31)32)10-4-6-12(17(29)30)14(8-10)19(33)34/h3-8H,2H2,1H3,(H,27,28)(H,29,30)(H,31,32)(H,33,34). The maximum Gasteiger partial charge on any atom is 0.412 e. The molecule has 0 aromatic heterocycles. The van der Waals surface area contributed by atoms with Crippen LogP contribution in [0.3, 0.4) is 0 Å². The average Bonchev–Trinajstić information content (AvgIpc) is 2.77. The third kappa shape index (κ3) is 4.73. The molecule has 2 aromatic rings. The molecule has 0 aliphatic heterocycles. The predicted octanol–water partition coefficient (Wildman–Crippen LogP) is 2.81. The van der Waals surface area contributed by atoms with Crippen molar-refractivity contribution in [3.05, 3.63) is 69.8 Å². The number of alkyl halides is 3. The Labute approximate surface area is 198 Å². The molecule has 0 amide bonds. The predicted molar refractivity (Wildman–Crippen MR) is 109 cm³/mol. The second-order valence-electron chi connectivity index (χ2n) is 7.10. The van der Waals surface area contributed by atoms with Gasteiger partial charge in [-0.2, -0.15) is 13.2 Å². The normalized spacial score (nSPS) is 11.4. The molecule has 36 heavy (non-hydrogen) atoms. The fraction of sp³-hybridized carbons (Fsp3) is 0.182. The van der Waals surface area contributed by atoms with Crippen LogP contribution in [0, 0.1) is 0 Å². The number of hydrogen-bond acceptors (Lipinski definition) is 7. The summed E-state index contributed by atoms with van der Waals surface area (Å²) in [6, 6.07) is 2.30. The molecule has 0 aliphatic carbocycles. The molecule has 2 aromatic carbocycles. The highest BCUT2D eigenvalue weighted by atomic mass is 19.4. The second kappa shape index (κ2) is 9.85. The monoisotopic (exact) mass is 512 g/mol. The molecule has 4 N–H and O–H groups in total. The lowest BCUT2D eigenvalue weighted by atomic mass is 9.72. The van der Waals surface area contributed by atoms with Crippen LogP contribution in [0.2, 0.25) is 0 Å². The number of carbonyl (C=O) groups excluding carboxylic acids is 2. The Morgan fingerprint density at radius 1 is 0.694 bits per heavy atom. The number of hydrogen-bond donors (Lipinski definition) is 4. The molecule has 190 valence electrons. The minimum absolute atomic E-state index is 0.225. The van der Waals surface area contributed by atoms with E-state index in [1.54, 1.807) is 0 Å². The van der Waals surface area contributed by atoms with E-state index in [0.29, 0.717) is 24.3 Å². The van der Waals surface area contributed by atoms with Gasteiger partial charge in [0.05, 0.1) is 22.3 Å². The molecular formula is C22H15F3O11. The molecule has 0 heterocycles. The van der Waals surface area contributed by atoms with Gasteiger partial charge in [-0.1, -0.05) is 19.1 Å². The number of carboxylic acids is 4. The summed E-state index contributed by atoms with van der Waals surface area (Å²) >= 11 is 0. The van der Waals surface area contributed by atoms with Gasteiger partial charge in [0.15, 0.2) is 0 Å². The third-order valence-electron chi connectivity index (χ3n) is 5.05. The summed E-state index contributed by atoms with van der Waals surface area (Å²) in [5.41, 5.74) is -10.7. The number of carboxylic acid groups (broad SMARTS) is 4. The summed E-state index contributed by atoms with van der Waals surface area (Å²) in [5.74, 6) is -11.3. The van der Waals surface area contributed by atoms with Gasteiger partial charge in [-0.05, 0) is 35.4 Å². The van der Waals surface area contributed by atoms with E-state index in [2.05, 4.69) is 4.74 Å². The van der Waals surface area contributed by atoms with Gasteiger partial charge >= 0.3 is 42.0 Å². The van der Waals surface area contributed by atoms with Gasteiger partial charge in [0.2, 0.25) is 5.41 Å². The van der Waals surface area contributed by atoms with E-state index < -0.39 is 87.2 Å². The van der Waals surface area contributed by atoms with Gasteiger partial charge in [-0.15, -0.1) is 0 Å². The first kappa shape index (κ1) is 27.5. The summed E-state index contributed by atoms with van der Waals surface area (Å²) in [4.78, 5) is 70.6. The first-order valence-electron chi connectivity index (χ1n) is 9.63. The molecular weight excluding hydrogens is 497 g/mol. The Balaban J connectivity index is 3.11. The fourth-order valence-corrected chi connectivity index (χ4v) is 3.38. The van der Waals surface area contributed by atoms with E-state index in [-0.39, 0.29) is 12.1 Å². The van der Waals surface area contributed by atoms with Crippen molar-refractivity contribution in [2.24, 2.45) is 0 Å². The molecule has 0 aliphatic rings. The highest BCUT2D eigenvalue weighted by Crippen LogP contribution is 2.48. The van der Waals surface area contributed by atoms with E-state index in [0.717, 1.165) is 6.92 Å². The molecule has 0 atom stereocenters. The smallest absolute Gasteiger partial charge is 0.412 e. The Morgan fingerprint density at radius 3 is 1.33 bits per heavy atom. The number of halogens is 3. The highest BCUT2D eigenvalue weighted by molar-refractivity contribution is 6.04. The zero-order valence-corrected chi connectivity index (χ0v) is 18.0. The number of aromatic carboxylic acids is 4. The number of ether oxygens (including phenoxy) is 1. The van der Waals surface area contributed by atoms with Crippen LogP contribution in [-0.4, -0.2) is 62.4 Å². The quantitative estimate of drug-likeness (QED) is 0.300. The van der Waals surface area contributed by atoms with E-state index >= 15 is 0 Å². The molecule has 0 spiro atoms. The molecule has 0 radical (unpaired) electrons. The second-order valence-corrected chi connectivity index (χ2v) is 7.10. The molecule has 0 saturated heterocycles. The molecule has 11 nitrogen and oxygen atoms in total. The maximum absolute atomic E-state index is 14.8. The fourth-order valence-electron chi connectivity index (χ4n) is 3.38. The topological polar surface area (TPSA) is 193 Å². The summed E-state index contributed by atoms with van der Waals surface area (Å²) in [6.07, 6.45) is -6.31.